The third kappa shape index (κ3) is 13.9. The molecule has 52 heavy (non-hydrogen) atoms. The zero-order valence-electron chi connectivity index (χ0n) is 31.7. The maximum Gasteiger partial charge on any atom is 0.308 e. The first kappa shape index (κ1) is 42.5. The average Bonchev–Trinajstić information content (AvgIpc) is 3.84. The van der Waals surface area contributed by atoms with Crippen LogP contribution in [0.1, 0.15) is 106 Å². The van der Waals surface area contributed by atoms with Crippen molar-refractivity contribution in [3.05, 3.63) is 52.0 Å². The molecule has 1 aromatic carbocycles. The van der Waals surface area contributed by atoms with E-state index in [9.17, 15) is 24.0 Å². The van der Waals surface area contributed by atoms with E-state index in [4.69, 9.17) is 9.47 Å². The summed E-state index contributed by atoms with van der Waals surface area (Å²) in [5, 5.41) is 8.15. The molecule has 0 radical (unpaired) electrons. The first-order valence-corrected chi connectivity index (χ1v) is 19.2. The predicted molar refractivity (Wildman–Crippen MR) is 200 cm³/mol. The van der Waals surface area contributed by atoms with Crippen LogP contribution in [0, 0.1) is 17.8 Å². The lowest BCUT2D eigenvalue weighted by atomic mass is 9.95. The molecule has 2 aromatic rings. The number of unbranched alkanes of at least 4 members (excludes halogenated alkanes) is 2. The summed E-state index contributed by atoms with van der Waals surface area (Å²) in [7, 11) is 4.99. The van der Waals surface area contributed by atoms with Crippen molar-refractivity contribution in [3.8, 4) is 0 Å². The lowest BCUT2D eigenvalue weighted by Gasteiger charge is -2.35. The highest BCUT2D eigenvalue weighted by molar-refractivity contribution is 7.09. The van der Waals surface area contributed by atoms with Crippen molar-refractivity contribution in [2.24, 2.45) is 17.8 Å². The number of nitrogens with one attached hydrogen (secondary N) is 4. The molecular weight excluding hydrogens is 685 g/mol. The van der Waals surface area contributed by atoms with Gasteiger partial charge in [0.2, 0.25) is 11.8 Å². The molecule has 0 spiro atoms. The van der Waals surface area contributed by atoms with Crippen LogP contribution >= 0.6 is 11.3 Å². The summed E-state index contributed by atoms with van der Waals surface area (Å²) in [4.78, 5) is 70.7. The normalized spacial score (nSPS) is 15.5. The molecule has 1 aliphatic carbocycles. The van der Waals surface area contributed by atoms with Crippen molar-refractivity contribution in [1.29, 1.82) is 0 Å². The number of aromatic nitrogens is 1. The van der Waals surface area contributed by atoms with Crippen molar-refractivity contribution in [2.45, 2.75) is 110 Å². The van der Waals surface area contributed by atoms with Gasteiger partial charge in [0.05, 0.1) is 13.0 Å². The predicted octanol–water partition coefficient (Wildman–Crippen LogP) is 4.34. The number of likely N-dealkylation sites (N-methyl/N-ethyl adjacent to an activating group) is 1. The van der Waals surface area contributed by atoms with Gasteiger partial charge in [0, 0.05) is 44.3 Å². The molecule has 0 saturated heterocycles. The second-order valence-corrected chi connectivity index (χ2v) is 15.0. The van der Waals surface area contributed by atoms with Gasteiger partial charge >= 0.3 is 11.9 Å². The number of thiazole rings is 1. The first-order chi connectivity index (χ1) is 24.8. The van der Waals surface area contributed by atoms with Crippen LogP contribution in [-0.2, 0) is 35.1 Å². The Morgan fingerprint density at radius 2 is 1.73 bits per heavy atom. The van der Waals surface area contributed by atoms with Gasteiger partial charge in [0.15, 0.2) is 6.10 Å². The van der Waals surface area contributed by atoms with E-state index >= 15 is 0 Å². The average molecular weight is 743 g/mol. The van der Waals surface area contributed by atoms with Crippen LogP contribution < -0.4 is 21.5 Å². The number of carbonyl (C=O) groups excluding carboxylic acids is 5. The van der Waals surface area contributed by atoms with Crippen LogP contribution in [0.2, 0.25) is 0 Å². The molecule has 0 bridgehead atoms. The molecule has 3 amide bonds. The monoisotopic (exact) mass is 742 g/mol. The number of esters is 2. The van der Waals surface area contributed by atoms with Crippen molar-refractivity contribution in [1.82, 2.24) is 31.4 Å². The van der Waals surface area contributed by atoms with Crippen molar-refractivity contribution >= 4 is 41.0 Å². The fourth-order valence-corrected chi connectivity index (χ4v) is 7.13. The SMILES string of the molecule is CNCCCCCC(=O)N[C@H](C(=O)N(C)[C@H](C[C@@H](OC(C)=O)c1nc(C(=O)NN[C@@H](Cc2ccccc2)C[C@H](C)C(=O)OC)cs1)C(C)C)C1CC1. The van der Waals surface area contributed by atoms with E-state index in [1.54, 1.807) is 24.3 Å². The zero-order valence-corrected chi connectivity index (χ0v) is 32.6. The second-order valence-electron chi connectivity index (χ2n) is 14.1. The number of hydrazine groups is 1. The standard InChI is InChI=1S/C38H58N6O7S/c1-24(2)31(44(6)37(48)34(28-17-18-28)41-33(46)16-12-9-13-19-39-5)22-32(51-26(4)45)36-40-30(23-52-36)35(47)43-42-29(20-25(3)38(49)50-7)21-27-14-10-8-11-15-27/h8,10-11,14-15,23-25,28-29,31-32,34,39,42H,9,12-13,16-22H2,1-7H3,(H,41,46)(H,43,47)/t25-,29+,31+,32+,34-/m0/s1. The topological polar surface area (TPSA) is 168 Å². The fourth-order valence-electron chi connectivity index (χ4n) is 6.29. The minimum absolute atomic E-state index is 0.0180. The Balaban J connectivity index is 1.69. The Kier molecular flexibility index (Phi) is 17.7. The summed E-state index contributed by atoms with van der Waals surface area (Å²) in [6, 6.07) is 8.51. The van der Waals surface area contributed by atoms with Crippen LogP contribution in [0.25, 0.3) is 0 Å². The van der Waals surface area contributed by atoms with E-state index in [0.29, 0.717) is 24.3 Å². The number of benzene rings is 1. The quantitative estimate of drug-likeness (QED) is 0.0731. The number of hydrogen-bond donors (Lipinski definition) is 4. The number of rotatable bonds is 23. The van der Waals surface area contributed by atoms with Crippen molar-refractivity contribution in [2.75, 3.05) is 27.7 Å². The number of carbonyl (C=O) groups is 5. The summed E-state index contributed by atoms with van der Waals surface area (Å²) < 4.78 is 10.6. The maximum absolute atomic E-state index is 13.9. The molecule has 1 fully saturated rings. The summed E-state index contributed by atoms with van der Waals surface area (Å²) in [5.41, 5.74) is 6.99. The minimum atomic E-state index is -0.807. The third-order valence-corrected chi connectivity index (χ3v) is 10.3. The van der Waals surface area contributed by atoms with E-state index in [-0.39, 0.29) is 53.8 Å². The van der Waals surface area contributed by atoms with Gasteiger partial charge in [-0.2, -0.15) is 0 Å². The van der Waals surface area contributed by atoms with Gasteiger partial charge in [-0.3, -0.25) is 29.4 Å². The second kappa shape index (κ2) is 21.6. The molecule has 4 N–H and O–H groups in total. The number of hydrogen-bond acceptors (Lipinski definition) is 11. The highest BCUT2D eigenvalue weighted by Crippen LogP contribution is 2.35. The first-order valence-electron chi connectivity index (χ1n) is 18.3. The van der Waals surface area contributed by atoms with Gasteiger partial charge in [-0.15, -0.1) is 11.3 Å². The molecule has 1 heterocycles. The van der Waals surface area contributed by atoms with Crippen LogP contribution in [0.15, 0.2) is 35.7 Å². The van der Waals surface area contributed by atoms with E-state index in [2.05, 4.69) is 26.5 Å². The largest absolute Gasteiger partial charge is 0.469 e. The fraction of sp³-hybridized carbons (Fsp3) is 0.632. The Morgan fingerprint density at radius 3 is 2.35 bits per heavy atom. The third-order valence-electron chi connectivity index (χ3n) is 9.37. The highest BCUT2D eigenvalue weighted by atomic mass is 32.1. The van der Waals surface area contributed by atoms with Gasteiger partial charge in [-0.1, -0.05) is 57.5 Å². The summed E-state index contributed by atoms with van der Waals surface area (Å²) >= 11 is 1.20. The van der Waals surface area contributed by atoms with Crippen LogP contribution in [-0.4, -0.2) is 85.4 Å². The van der Waals surface area contributed by atoms with Gasteiger partial charge in [-0.25, -0.2) is 10.4 Å². The van der Waals surface area contributed by atoms with E-state index in [0.717, 1.165) is 44.2 Å². The Bertz CT molecular complexity index is 1450. The summed E-state index contributed by atoms with van der Waals surface area (Å²) in [6.07, 6.45) is 5.26. The van der Waals surface area contributed by atoms with E-state index in [1.165, 1.54) is 25.4 Å². The molecule has 14 heteroatoms. The lowest BCUT2D eigenvalue weighted by molar-refractivity contribution is -0.149. The van der Waals surface area contributed by atoms with Crippen LogP contribution in [0.4, 0.5) is 0 Å². The molecule has 13 nitrogen and oxygen atoms in total. The molecule has 5 atom stereocenters. The van der Waals surface area contributed by atoms with E-state index in [1.807, 2.05) is 51.2 Å². The van der Waals surface area contributed by atoms with Crippen molar-refractivity contribution < 1.29 is 33.4 Å². The smallest absolute Gasteiger partial charge is 0.308 e. The molecule has 0 aliphatic heterocycles. The lowest BCUT2D eigenvalue weighted by Crippen LogP contribution is -2.52. The van der Waals surface area contributed by atoms with Crippen LogP contribution in [0.5, 0.6) is 0 Å². The molecule has 1 aliphatic rings. The number of nitrogens with zero attached hydrogens (tertiary/aromatic N) is 2. The van der Waals surface area contributed by atoms with Crippen molar-refractivity contribution in [3.63, 3.8) is 0 Å². The Labute approximate surface area is 312 Å². The summed E-state index contributed by atoms with van der Waals surface area (Å²) in [5.74, 6) is -1.92. The Hall–Kier alpha value is -3.88. The number of ether oxygens (including phenoxy) is 2. The zero-order chi connectivity index (χ0) is 38.2. The maximum atomic E-state index is 13.9. The minimum Gasteiger partial charge on any atom is -0.469 e. The molecule has 0 unspecified atom stereocenters. The van der Waals surface area contributed by atoms with Gasteiger partial charge in [-0.05, 0) is 69.5 Å². The van der Waals surface area contributed by atoms with Gasteiger partial charge in [0.1, 0.15) is 16.7 Å². The Morgan fingerprint density at radius 1 is 1.02 bits per heavy atom. The number of methoxy groups -OCH3 is 1. The van der Waals surface area contributed by atoms with Crippen LogP contribution in [0.3, 0.4) is 0 Å². The highest BCUT2D eigenvalue weighted by Gasteiger charge is 2.41. The molecule has 288 valence electrons. The molecule has 1 saturated carbocycles. The molecule has 3 rings (SSSR count). The van der Waals surface area contributed by atoms with E-state index < -0.39 is 29.9 Å². The van der Waals surface area contributed by atoms with Gasteiger partial charge < -0.3 is 25.0 Å². The summed E-state index contributed by atoms with van der Waals surface area (Å²) in [6.45, 7) is 7.99. The van der Waals surface area contributed by atoms with Gasteiger partial charge in [0.25, 0.3) is 5.91 Å². The number of amides is 3. The molecular formula is C38H58N6O7S. The molecule has 1 aromatic heterocycles.